The van der Waals surface area contributed by atoms with E-state index in [1.165, 1.54) is 4.52 Å². The van der Waals surface area contributed by atoms with E-state index in [2.05, 4.69) is 20.7 Å². The van der Waals surface area contributed by atoms with Gasteiger partial charge >= 0.3 is 6.03 Å². The molecule has 0 aliphatic heterocycles. The molecule has 2 aromatic rings. The van der Waals surface area contributed by atoms with E-state index in [0.717, 1.165) is 25.7 Å². The van der Waals surface area contributed by atoms with Gasteiger partial charge in [-0.05, 0) is 25.0 Å². The maximum absolute atomic E-state index is 11.9. The van der Waals surface area contributed by atoms with Crippen molar-refractivity contribution in [2.45, 2.75) is 37.8 Å². The van der Waals surface area contributed by atoms with Gasteiger partial charge in [0.05, 0.1) is 17.2 Å². The molecule has 0 bridgehead atoms. The molecule has 2 heterocycles. The molecule has 2 atom stereocenters. The zero-order chi connectivity index (χ0) is 14.8. The minimum atomic E-state index is -0.489. The van der Waals surface area contributed by atoms with E-state index in [4.69, 9.17) is 11.6 Å². The predicted octanol–water partition coefficient (Wildman–Crippen LogP) is 1.81. The highest BCUT2D eigenvalue weighted by Gasteiger charge is 2.24. The van der Waals surface area contributed by atoms with Crippen molar-refractivity contribution < 1.29 is 9.90 Å². The standard InChI is InChI=1S/C13H16ClN5O2/c14-8-5-6-11-16-12(18-19(11)7-8)17-13(21)15-9-3-1-2-4-10(9)20/h5-7,9-10,20H,1-4H2,(H2,15,17,18,21)/t9-,10-/m1/s1. The van der Waals surface area contributed by atoms with Crippen molar-refractivity contribution in [3.63, 3.8) is 0 Å². The van der Waals surface area contributed by atoms with Gasteiger partial charge in [-0.15, -0.1) is 5.10 Å². The molecule has 112 valence electrons. The van der Waals surface area contributed by atoms with Crippen molar-refractivity contribution in [1.29, 1.82) is 0 Å². The Balaban J connectivity index is 1.65. The second-order valence-electron chi connectivity index (χ2n) is 5.14. The lowest BCUT2D eigenvalue weighted by molar-refractivity contribution is 0.0955. The SMILES string of the molecule is O=C(Nc1nc2ccc(Cl)cn2n1)N[C@@H]1CCCC[C@H]1O. The van der Waals surface area contributed by atoms with Crippen molar-refractivity contribution in [2.24, 2.45) is 0 Å². The molecule has 1 aliphatic carbocycles. The first-order valence-corrected chi connectivity index (χ1v) is 7.27. The van der Waals surface area contributed by atoms with Crippen LogP contribution in [0.5, 0.6) is 0 Å². The van der Waals surface area contributed by atoms with Crippen LogP contribution in [0.4, 0.5) is 10.7 Å². The van der Waals surface area contributed by atoms with Gasteiger partial charge in [-0.2, -0.15) is 4.98 Å². The largest absolute Gasteiger partial charge is 0.391 e. The average Bonchev–Trinajstić information content (AvgIpc) is 2.82. The molecule has 2 aromatic heterocycles. The summed E-state index contributed by atoms with van der Waals surface area (Å²) in [5.41, 5.74) is 0.590. The number of pyridine rings is 1. The number of anilines is 1. The number of fused-ring (bicyclic) bond motifs is 1. The number of amides is 2. The zero-order valence-corrected chi connectivity index (χ0v) is 12.0. The van der Waals surface area contributed by atoms with Crippen LogP contribution < -0.4 is 10.6 Å². The number of nitrogens with one attached hydrogen (secondary N) is 2. The number of nitrogens with zero attached hydrogens (tertiary/aromatic N) is 3. The number of urea groups is 1. The zero-order valence-electron chi connectivity index (χ0n) is 11.3. The Bertz CT molecular complexity index is 659. The van der Waals surface area contributed by atoms with Crippen molar-refractivity contribution in [3.05, 3.63) is 23.4 Å². The fraction of sp³-hybridized carbons (Fsp3) is 0.462. The minimum absolute atomic E-state index is 0.195. The lowest BCUT2D eigenvalue weighted by Gasteiger charge is -2.28. The Hall–Kier alpha value is -1.86. The van der Waals surface area contributed by atoms with Crippen LogP contribution in [0.1, 0.15) is 25.7 Å². The van der Waals surface area contributed by atoms with Gasteiger partial charge in [-0.3, -0.25) is 5.32 Å². The maximum Gasteiger partial charge on any atom is 0.321 e. The molecule has 0 saturated heterocycles. The lowest BCUT2D eigenvalue weighted by atomic mass is 9.93. The van der Waals surface area contributed by atoms with Crippen molar-refractivity contribution >= 4 is 29.2 Å². The van der Waals surface area contributed by atoms with Crippen LogP contribution in [-0.4, -0.2) is 37.9 Å². The fourth-order valence-corrected chi connectivity index (χ4v) is 2.65. The van der Waals surface area contributed by atoms with Crippen LogP contribution in [0.25, 0.3) is 5.65 Å². The average molecular weight is 310 g/mol. The van der Waals surface area contributed by atoms with Crippen LogP contribution in [0, 0.1) is 0 Å². The molecule has 3 N–H and O–H groups in total. The molecule has 0 unspecified atom stereocenters. The van der Waals surface area contributed by atoms with Gasteiger partial charge in [0.15, 0.2) is 5.65 Å². The highest BCUT2D eigenvalue weighted by atomic mass is 35.5. The van der Waals surface area contributed by atoms with Gasteiger partial charge in [-0.25, -0.2) is 9.31 Å². The van der Waals surface area contributed by atoms with Gasteiger partial charge < -0.3 is 10.4 Å². The third kappa shape index (κ3) is 3.25. The van der Waals surface area contributed by atoms with Gasteiger partial charge in [0, 0.05) is 6.20 Å². The Labute approximate surface area is 126 Å². The van der Waals surface area contributed by atoms with Crippen molar-refractivity contribution in [1.82, 2.24) is 19.9 Å². The summed E-state index contributed by atoms with van der Waals surface area (Å²) < 4.78 is 1.49. The first kappa shape index (κ1) is 14.1. The molecule has 0 radical (unpaired) electrons. The van der Waals surface area contributed by atoms with Crippen LogP contribution in [0.2, 0.25) is 5.02 Å². The molecular formula is C13H16ClN5O2. The third-order valence-electron chi connectivity index (χ3n) is 3.57. The Morgan fingerprint density at radius 1 is 1.38 bits per heavy atom. The van der Waals surface area contributed by atoms with Crippen LogP contribution >= 0.6 is 11.6 Å². The number of aliphatic hydroxyl groups is 1. The summed E-state index contributed by atoms with van der Waals surface area (Å²) in [5.74, 6) is 0.195. The smallest absolute Gasteiger partial charge is 0.321 e. The minimum Gasteiger partial charge on any atom is -0.391 e. The van der Waals surface area contributed by atoms with Crippen molar-refractivity contribution in [2.75, 3.05) is 5.32 Å². The van der Waals surface area contributed by atoms with Gasteiger partial charge in [0.1, 0.15) is 0 Å². The molecule has 7 nitrogen and oxygen atoms in total. The van der Waals surface area contributed by atoms with E-state index >= 15 is 0 Å². The van der Waals surface area contributed by atoms with E-state index in [1.54, 1.807) is 18.3 Å². The quantitative estimate of drug-likeness (QED) is 0.789. The molecule has 21 heavy (non-hydrogen) atoms. The first-order chi connectivity index (χ1) is 10.1. The molecule has 1 aliphatic rings. The predicted molar refractivity (Wildman–Crippen MR) is 78.4 cm³/mol. The molecule has 0 spiro atoms. The molecule has 1 fully saturated rings. The van der Waals surface area contributed by atoms with E-state index < -0.39 is 12.1 Å². The third-order valence-corrected chi connectivity index (χ3v) is 3.79. The molecular weight excluding hydrogens is 294 g/mol. The topological polar surface area (TPSA) is 91.6 Å². The number of carbonyl (C=O) groups excluding carboxylic acids is 1. The number of aromatic nitrogens is 3. The molecule has 3 rings (SSSR count). The molecule has 0 aromatic carbocycles. The van der Waals surface area contributed by atoms with Crippen LogP contribution in [-0.2, 0) is 0 Å². The van der Waals surface area contributed by atoms with Gasteiger partial charge in [0.2, 0.25) is 0 Å². The van der Waals surface area contributed by atoms with E-state index in [-0.39, 0.29) is 12.0 Å². The normalized spacial score (nSPS) is 22.2. The van der Waals surface area contributed by atoms with Crippen LogP contribution in [0.15, 0.2) is 18.3 Å². The number of carbonyl (C=O) groups is 1. The number of hydrogen-bond donors (Lipinski definition) is 3. The molecule has 2 amide bonds. The highest BCUT2D eigenvalue weighted by Crippen LogP contribution is 2.18. The lowest BCUT2D eigenvalue weighted by Crippen LogP contribution is -2.46. The van der Waals surface area contributed by atoms with Gasteiger partial charge in [0.25, 0.3) is 5.95 Å². The van der Waals surface area contributed by atoms with Gasteiger partial charge in [-0.1, -0.05) is 24.4 Å². The summed E-state index contributed by atoms with van der Waals surface area (Å²) >= 11 is 5.86. The van der Waals surface area contributed by atoms with E-state index in [0.29, 0.717) is 10.7 Å². The molecule has 8 heteroatoms. The number of rotatable bonds is 2. The summed E-state index contributed by atoms with van der Waals surface area (Å²) in [4.78, 5) is 16.1. The summed E-state index contributed by atoms with van der Waals surface area (Å²) in [6, 6.07) is 2.78. The summed E-state index contributed by atoms with van der Waals surface area (Å²) in [6.07, 6.45) is 4.62. The molecule has 1 saturated carbocycles. The maximum atomic E-state index is 11.9. The Morgan fingerprint density at radius 3 is 3.00 bits per heavy atom. The van der Waals surface area contributed by atoms with Crippen molar-refractivity contribution in [3.8, 4) is 0 Å². The highest BCUT2D eigenvalue weighted by molar-refractivity contribution is 6.30. The number of hydrogen-bond acceptors (Lipinski definition) is 4. The number of halogens is 1. The summed E-state index contributed by atoms with van der Waals surface area (Å²) in [6.45, 7) is 0. The second-order valence-corrected chi connectivity index (χ2v) is 5.58. The summed E-state index contributed by atoms with van der Waals surface area (Å²) in [7, 11) is 0. The number of aliphatic hydroxyl groups excluding tert-OH is 1. The van der Waals surface area contributed by atoms with E-state index in [9.17, 15) is 9.90 Å². The Morgan fingerprint density at radius 2 is 2.19 bits per heavy atom. The van der Waals surface area contributed by atoms with E-state index in [1.807, 2.05) is 0 Å². The fourth-order valence-electron chi connectivity index (χ4n) is 2.50. The monoisotopic (exact) mass is 309 g/mol. The second kappa shape index (κ2) is 5.87. The van der Waals surface area contributed by atoms with Crippen LogP contribution in [0.3, 0.4) is 0 Å². The summed E-state index contributed by atoms with van der Waals surface area (Å²) in [5, 5.41) is 19.8. The first-order valence-electron chi connectivity index (χ1n) is 6.89. The Kier molecular flexibility index (Phi) is 3.94.